The number of benzene rings is 1. The van der Waals surface area contributed by atoms with E-state index < -0.39 is 5.51 Å². The van der Waals surface area contributed by atoms with Crippen LogP contribution in [0, 0.1) is 0 Å². The third-order valence-corrected chi connectivity index (χ3v) is 3.64. The second-order valence-electron chi connectivity index (χ2n) is 3.28. The molecule has 0 saturated carbocycles. The summed E-state index contributed by atoms with van der Waals surface area (Å²) in [6.45, 7) is 0.153. The van der Waals surface area contributed by atoms with Gasteiger partial charge in [-0.15, -0.1) is 0 Å². The number of rotatable bonds is 4. The van der Waals surface area contributed by atoms with Gasteiger partial charge in [-0.2, -0.15) is 21.9 Å². The molecule has 2 aromatic rings. The second-order valence-corrected chi connectivity index (χ2v) is 5.37. The van der Waals surface area contributed by atoms with E-state index in [9.17, 15) is 13.2 Å². The van der Waals surface area contributed by atoms with Crippen LogP contribution in [-0.2, 0) is 0 Å². The van der Waals surface area contributed by atoms with E-state index in [1.165, 1.54) is 0 Å². The van der Waals surface area contributed by atoms with E-state index in [-0.39, 0.29) is 24.1 Å². The van der Waals surface area contributed by atoms with Crippen molar-refractivity contribution in [3.63, 3.8) is 0 Å². The highest BCUT2D eigenvalue weighted by atomic mass is 35.5. The summed E-state index contributed by atoms with van der Waals surface area (Å²) in [6, 6.07) is 3.36. The summed E-state index contributed by atoms with van der Waals surface area (Å²) >= 11 is 6.94. The average Bonchev–Trinajstić information content (AvgIpc) is 2.73. The smallest absolute Gasteiger partial charge is 0.381 e. The van der Waals surface area contributed by atoms with Gasteiger partial charge < -0.3 is 5.32 Å². The molecule has 3 nitrogen and oxygen atoms in total. The Hall–Kier alpha value is -0.730. The Kier molecular flexibility index (Phi) is 4.18. The van der Waals surface area contributed by atoms with Gasteiger partial charge in [-0.25, -0.2) is 0 Å². The van der Waals surface area contributed by atoms with E-state index in [0.717, 1.165) is 11.7 Å². The lowest BCUT2D eigenvalue weighted by atomic mass is 10.2. The first-order chi connectivity index (χ1) is 8.47. The predicted octanol–water partition coefficient (Wildman–Crippen LogP) is 4.01. The lowest BCUT2D eigenvalue weighted by molar-refractivity contribution is -0.0327. The van der Waals surface area contributed by atoms with Crippen LogP contribution >= 0.6 is 35.1 Å². The lowest BCUT2D eigenvalue weighted by Gasteiger charge is -2.09. The predicted molar refractivity (Wildman–Crippen MR) is 69.4 cm³/mol. The largest absolute Gasteiger partial charge is 0.441 e. The first-order valence-corrected chi connectivity index (χ1v) is 6.92. The van der Waals surface area contributed by atoms with Crippen LogP contribution in [0.25, 0.3) is 11.0 Å². The lowest BCUT2D eigenvalue weighted by Crippen LogP contribution is -2.10. The summed E-state index contributed by atoms with van der Waals surface area (Å²) in [5, 5.41) is 3.29. The quantitative estimate of drug-likeness (QED) is 0.866. The Balaban J connectivity index is 2.03. The summed E-state index contributed by atoms with van der Waals surface area (Å²) < 4.78 is 44.0. The number of halogens is 4. The van der Waals surface area contributed by atoms with Crippen LogP contribution in [0.5, 0.6) is 0 Å². The average molecular weight is 314 g/mol. The molecule has 0 saturated heterocycles. The van der Waals surface area contributed by atoms with Crippen molar-refractivity contribution in [3.8, 4) is 0 Å². The molecule has 0 bridgehead atoms. The number of hydrogen-bond acceptors (Lipinski definition) is 5. The highest BCUT2D eigenvalue weighted by Gasteiger charge is 2.27. The van der Waals surface area contributed by atoms with Crippen molar-refractivity contribution in [3.05, 3.63) is 17.2 Å². The Bertz CT molecular complexity index is 543. The van der Waals surface area contributed by atoms with E-state index in [2.05, 4.69) is 14.1 Å². The van der Waals surface area contributed by atoms with Gasteiger partial charge in [0.05, 0.1) is 22.4 Å². The Morgan fingerprint density at radius 1 is 1.33 bits per heavy atom. The summed E-state index contributed by atoms with van der Waals surface area (Å²) in [5.74, 6) is -0.0895. The van der Waals surface area contributed by atoms with Gasteiger partial charge in [0.25, 0.3) is 0 Å². The summed E-state index contributed by atoms with van der Waals surface area (Å²) in [6.07, 6.45) is 0. The first-order valence-electron chi connectivity index (χ1n) is 4.83. The van der Waals surface area contributed by atoms with Gasteiger partial charge >= 0.3 is 5.51 Å². The maximum absolute atomic E-state index is 12.0. The summed E-state index contributed by atoms with van der Waals surface area (Å²) in [4.78, 5) is 0. The van der Waals surface area contributed by atoms with E-state index in [4.69, 9.17) is 11.6 Å². The second kappa shape index (κ2) is 5.50. The summed E-state index contributed by atoms with van der Waals surface area (Å²) in [5.41, 5.74) is -2.41. The molecule has 18 heavy (non-hydrogen) atoms. The van der Waals surface area contributed by atoms with E-state index in [1.807, 2.05) is 0 Å². The highest BCUT2D eigenvalue weighted by molar-refractivity contribution is 8.00. The molecule has 9 heteroatoms. The SMILES string of the molecule is FC(F)(F)SCCNc1c(Cl)ccc2nsnc12. The monoisotopic (exact) mass is 313 g/mol. The minimum Gasteiger partial charge on any atom is -0.381 e. The highest BCUT2D eigenvalue weighted by Crippen LogP contribution is 2.32. The standard InChI is InChI=1S/C9H7ClF3N3S2/c10-5-1-2-6-8(16-18-15-6)7(5)14-3-4-17-9(11,12)13/h1-2,14H,3-4H2. The van der Waals surface area contributed by atoms with E-state index in [0.29, 0.717) is 21.7 Å². The van der Waals surface area contributed by atoms with Gasteiger partial charge in [-0.3, -0.25) is 0 Å². The molecule has 0 amide bonds. The van der Waals surface area contributed by atoms with Crippen LogP contribution in [-0.4, -0.2) is 26.6 Å². The van der Waals surface area contributed by atoms with Crippen molar-refractivity contribution in [1.29, 1.82) is 0 Å². The van der Waals surface area contributed by atoms with Crippen LogP contribution in [0.2, 0.25) is 5.02 Å². The van der Waals surface area contributed by atoms with Gasteiger partial charge in [0, 0.05) is 12.3 Å². The van der Waals surface area contributed by atoms with Gasteiger partial charge in [-0.05, 0) is 23.9 Å². The number of aromatic nitrogens is 2. The minimum atomic E-state index is -4.21. The maximum Gasteiger partial charge on any atom is 0.441 e. The zero-order valence-corrected chi connectivity index (χ0v) is 11.2. The van der Waals surface area contributed by atoms with Crippen molar-refractivity contribution in [2.45, 2.75) is 5.51 Å². The molecule has 1 N–H and O–H groups in total. The molecular weight excluding hydrogens is 307 g/mol. The Morgan fingerprint density at radius 2 is 2.11 bits per heavy atom. The third kappa shape index (κ3) is 3.39. The van der Waals surface area contributed by atoms with Crippen LogP contribution < -0.4 is 5.32 Å². The molecule has 1 aromatic heterocycles. The number of anilines is 1. The van der Waals surface area contributed by atoms with E-state index in [1.54, 1.807) is 12.1 Å². The van der Waals surface area contributed by atoms with Crippen molar-refractivity contribution >= 4 is 51.8 Å². The van der Waals surface area contributed by atoms with Crippen molar-refractivity contribution < 1.29 is 13.2 Å². The van der Waals surface area contributed by atoms with Crippen molar-refractivity contribution in [2.24, 2.45) is 0 Å². The van der Waals surface area contributed by atoms with Crippen LogP contribution in [0.4, 0.5) is 18.9 Å². The number of fused-ring (bicyclic) bond motifs is 1. The maximum atomic E-state index is 12.0. The van der Waals surface area contributed by atoms with Gasteiger partial charge in [0.15, 0.2) is 0 Å². The molecule has 2 rings (SSSR count). The molecule has 0 radical (unpaired) electrons. The van der Waals surface area contributed by atoms with Gasteiger partial charge in [0.2, 0.25) is 0 Å². The number of nitrogens with zero attached hydrogens (tertiary/aromatic N) is 2. The Morgan fingerprint density at radius 3 is 2.83 bits per heavy atom. The number of nitrogens with one attached hydrogen (secondary N) is 1. The van der Waals surface area contributed by atoms with E-state index >= 15 is 0 Å². The molecule has 0 aliphatic carbocycles. The first kappa shape index (κ1) is 13.7. The Labute approximate surface area is 114 Å². The molecule has 98 valence electrons. The number of alkyl halides is 3. The zero-order valence-electron chi connectivity index (χ0n) is 8.79. The normalized spacial score (nSPS) is 12.0. The molecule has 0 aliphatic rings. The molecule has 0 atom stereocenters. The van der Waals surface area contributed by atoms with Gasteiger partial charge in [-0.1, -0.05) is 11.6 Å². The van der Waals surface area contributed by atoms with Crippen LogP contribution in [0.3, 0.4) is 0 Å². The molecule has 0 aliphatic heterocycles. The van der Waals surface area contributed by atoms with Crippen LogP contribution in [0.15, 0.2) is 12.1 Å². The minimum absolute atomic E-state index is 0.0729. The molecule has 1 aromatic carbocycles. The fourth-order valence-corrected chi connectivity index (χ4v) is 2.54. The molecule has 1 heterocycles. The topological polar surface area (TPSA) is 37.8 Å². The zero-order chi connectivity index (χ0) is 13.2. The molecule has 0 unspecified atom stereocenters. The van der Waals surface area contributed by atoms with Crippen molar-refractivity contribution in [2.75, 3.05) is 17.6 Å². The molecule has 0 fully saturated rings. The summed E-state index contributed by atoms with van der Waals surface area (Å²) in [7, 11) is 0. The number of thioether (sulfide) groups is 1. The molecule has 0 spiro atoms. The molecular formula is C9H7ClF3N3S2. The van der Waals surface area contributed by atoms with Crippen molar-refractivity contribution in [1.82, 2.24) is 8.75 Å². The van der Waals surface area contributed by atoms with Gasteiger partial charge in [0.1, 0.15) is 11.0 Å². The fourth-order valence-electron chi connectivity index (χ4n) is 1.34. The van der Waals surface area contributed by atoms with Crippen LogP contribution in [0.1, 0.15) is 0 Å². The third-order valence-electron chi connectivity index (χ3n) is 2.05. The fraction of sp³-hybridized carbons (Fsp3) is 0.333. The number of hydrogen-bond donors (Lipinski definition) is 1.